The van der Waals surface area contributed by atoms with Crippen molar-refractivity contribution in [3.05, 3.63) is 58.2 Å². The minimum Gasteiger partial charge on any atom is -0.478 e. The van der Waals surface area contributed by atoms with Crippen LogP contribution in [0.2, 0.25) is 0 Å². The molecule has 6 nitrogen and oxygen atoms in total. The maximum atomic E-state index is 14.5. The fourth-order valence-corrected chi connectivity index (χ4v) is 4.95. The molecule has 30 heavy (non-hydrogen) atoms. The first kappa shape index (κ1) is 22.7. The summed E-state index contributed by atoms with van der Waals surface area (Å²) in [6.45, 7) is 7.24. The molecule has 0 spiro atoms. The number of benzene rings is 1. The summed E-state index contributed by atoms with van der Waals surface area (Å²) in [5.41, 5.74) is 2.44. The Bertz CT molecular complexity index is 836. The number of carboxylic acid groups (broad SMARTS) is 1. The van der Waals surface area contributed by atoms with Crippen LogP contribution in [0, 0.1) is 5.82 Å². The third-order valence-corrected chi connectivity index (χ3v) is 6.39. The molecule has 1 saturated heterocycles. The number of morpholine rings is 1. The maximum Gasteiger partial charge on any atom is 0.334 e. The van der Waals surface area contributed by atoms with Crippen molar-refractivity contribution in [1.29, 1.82) is 0 Å². The van der Waals surface area contributed by atoms with Gasteiger partial charge in [-0.25, -0.2) is 9.18 Å². The van der Waals surface area contributed by atoms with E-state index in [1.807, 2.05) is 26.0 Å². The first-order valence-electron chi connectivity index (χ1n) is 10.1. The number of halogens is 1. The number of ether oxygens (including phenoxy) is 2. The molecule has 1 aromatic rings. The van der Waals surface area contributed by atoms with E-state index in [2.05, 4.69) is 9.80 Å². The Labute approximate surface area is 181 Å². The zero-order valence-corrected chi connectivity index (χ0v) is 18.5. The average Bonchev–Trinajstić information content (AvgIpc) is 2.72. The van der Waals surface area contributed by atoms with Crippen molar-refractivity contribution in [3.8, 4) is 0 Å². The van der Waals surface area contributed by atoms with Gasteiger partial charge in [0.1, 0.15) is 17.0 Å². The monoisotopic (exact) mass is 436 g/mol. The second-order valence-electron chi connectivity index (χ2n) is 7.30. The fourth-order valence-electron chi connectivity index (χ4n) is 3.82. The second-order valence-corrected chi connectivity index (χ2v) is 8.66. The minimum absolute atomic E-state index is 0.216. The standard InChI is InChI=1S/C22H29FN2O4S/c1-4-30-21-20(22(26)27)15(2)11-19(24-7-9-29-10-8-24)25(21)13-16-5-6-17(14-28-3)18(23)12-16/h5-6,11-12,21H,4,7-10,13-14H2,1-3H3,(H,26,27). The largest absolute Gasteiger partial charge is 0.478 e. The average molecular weight is 437 g/mol. The van der Waals surface area contributed by atoms with Gasteiger partial charge in [0.15, 0.2) is 0 Å². The number of hydrogen-bond acceptors (Lipinski definition) is 6. The molecule has 2 heterocycles. The van der Waals surface area contributed by atoms with Crippen LogP contribution in [0.15, 0.2) is 41.2 Å². The third-order valence-electron chi connectivity index (χ3n) is 5.26. The number of aliphatic carboxylic acids is 1. The van der Waals surface area contributed by atoms with Gasteiger partial charge in [-0.2, -0.15) is 0 Å². The Hall–Kier alpha value is -2.03. The molecule has 1 atom stereocenters. The maximum absolute atomic E-state index is 14.5. The Morgan fingerprint density at radius 3 is 2.70 bits per heavy atom. The molecular formula is C22H29FN2O4S. The van der Waals surface area contributed by atoms with Crippen molar-refractivity contribution in [1.82, 2.24) is 9.80 Å². The highest BCUT2D eigenvalue weighted by molar-refractivity contribution is 8.00. The van der Waals surface area contributed by atoms with Gasteiger partial charge in [-0.05, 0) is 36.0 Å². The Morgan fingerprint density at radius 2 is 2.10 bits per heavy atom. The summed E-state index contributed by atoms with van der Waals surface area (Å²) in [6, 6.07) is 5.13. The predicted octanol–water partition coefficient (Wildman–Crippen LogP) is 3.44. The summed E-state index contributed by atoms with van der Waals surface area (Å²) >= 11 is 1.58. The van der Waals surface area contributed by atoms with Gasteiger partial charge in [-0.3, -0.25) is 0 Å². The minimum atomic E-state index is -0.914. The highest BCUT2D eigenvalue weighted by Gasteiger charge is 2.35. The second kappa shape index (κ2) is 10.3. The van der Waals surface area contributed by atoms with Crippen LogP contribution in [0.3, 0.4) is 0 Å². The molecule has 164 valence electrons. The molecule has 0 aromatic heterocycles. The molecule has 1 fully saturated rings. The van der Waals surface area contributed by atoms with Crippen molar-refractivity contribution < 1.29 is 23.8 Å². The molecule has 1 N–H and O–H groups in total. The molecule has 0 bridgehead atoms. The molecule has 0 radical (unpaired) electrons. The van der Waals surface area contributed by atoms with E-state index >= 15 is 0 Å². The van der Waals surface area contributed by atoms with E-state index in [1.165, 1.54) is 13.2 Å². The molecule has 0 amide bonds. The van der Waals surface area contributed by atoms with Crippen molar-refractivity contribution >= 4 is 17.7 Å². The lowest BCUT2D eigenvalue weighted by Crippen LogP contribution is -2.47. The van der Waals surface area contributed by atoms with Crippen LogP contribution in [-0.2, 0) is 27.4 Å². The normalized spacial score (nSPS) is 19.9. The smallest absolute Gasteiger partial charge is 0.334 e. The van der Waals surface area contributed by atoms with Gasteiger partial charge in [0.05, 0.1) is 25.4 Å². The summed E-state index contributed by atoms with van der Waals surface area (Å²) in [5.74, 6) is 0.506. The molecule has 0 aliphatic carbocycles. The number of hydrogen-bond donors (Lipinski definition) is 1. The van der Waals surface area contributed by atoms with E-state index in [4.69, 9.17) is 9.47 Å². The van der Waals surface area contributed by atoms with Crippen LogP contribution in [0.25, 0.3) is 0 Å². The van der Waals surface area contributed by atoms with Crippen LogP contribution in [0.4, 0.5) is 4.39 Å². The number of carboxylic acids is 1. The molecule has 0 saturated carbocycles. The predicted molar refractivity (Wildman–Crippen MR) is 115 cm³/mol. The number of methoxy groups -OCH3 is 1. The van der Waals surface area contributed by atoms with Crippen LogP contribution in [-0.4, -0.2) is 65.4 Å². The molecular weight excluding hydrogens is 407 g/mol. The van der Waals surface area contributed by atoms with E-state index in [0.29, 0.717) is 30.9 Å². The highest BCUT2D eigenvalue weighted by atomic mass is 32.2. The highest BCUT2D eigenvalue weighted by Crippen LogP contribution is 2.36. The van der Waals surface area contributed by atoms with Crippen LogP contribution in [0.5, 0.6) is 0 Å². The molecule has 3 rings (SSSR count). The zero-order chi connectivity index (χ0) is 21.7. The lowest BCUT2D eigenvalue weighted by molar-refractivity contribution is -0.133. The summed E-state index contributed by atoms with van der Waals surface area (Å²) in [4.78, 5) is 16.4. The van der Waals surface area contributed by atoms with E-state index in [9.17, 15) is 14.3 Å². The third kappa shape index (κ3) is 4.99. The van der Waals surface area contributed by atoms with E-state index in [0.717, 1.165) is 35.8 Å². The SMILES string of the molecule is CCSC1C(C(=O)O)=C(C)C=C(N2CCOCC2)N1Cc1ccc(COC)c(F)c1. The van der Waals surface area contributed by atoms with Gasteiger partial charge < -0.3 is 24.4 Å². The summed E-state index contributed by atoms with van der Waals surface area (Å²) in [5, 5.41) is 9.54. The van der Waals surface area contributed by atoms with Crippen molar-refractivity contribution in [2.24, 2.45) is 0 Å². The van der Waals surface area contributed by atoms with E-state index in [1.54, 1.807) is 17.8 Å². The molecule has 2 aliphatic rings. The lowest BCUT2D eigenvalue weighted by Gasteiger charge is -2.44. The summed E-state index contributed by atoms with van der Waals surface area (Å²) in [7, 11) is 1.54. The van der Waals surface area contributed by atoms with Gasteiger partial charge in [0.25, 0.3) is 0 Å². The first-order valence-corrected chi connectivity index (χ1v) is 11.1. The number of carbonyl (C=O) groups is 1. The van der Waals surface area contributed by atoms with Crippen molar-refractivity contribution in [2.45, 2.75) is 32.4 Å². The van der Waals surface area contributed by atoms with Crippen LogP contribution in [0.1, 0.15) is 25.0 Å². The molecule has 1 aromatic carbocycles. The Morgan fingerprint density at radius 1 is 1.37 bits per heavy atom. The lowest BCUT2D eigenvalue weighted by atomic mass is 10.0. The topological polar surface area (TPSA) is 62.2 Å². The zero-order valence-electron chi connectivity index (χ0n) is 17.7. The molecule has 1 unspecified atom stereocenters. The van der Waals surface area contributed by atoms with Gasteiger partial charge in [0.2, 0.25) is 0 Å². The van der Waals surface area contributed by atoms with Crippen LogP contribution < -0.4 is 0 Å². The van der Waals surface area contributed by atoms with Gasteiger partial charge >= 0.3 is 5.97 Å². The Balaban J connectivity index is 1.98. The van der Waals surface area contributed by atoms with Gasteiger partial charge in [0, 0.05) is 32.3 Å². The number of allylic oxidation sites excluding steroid dienone is 2. The number of rotatable bonds is 8. The van der Waals surface area contributed by atoms with Crippen molar-refractivity contribution in [3.63, 3.8) is 0 Å². The molecule has 8 heteroatoms. The first-order chi connectivity index (χ1) is 14.5. The summed E-state index contributed by atoms with van der Waals surface area (Å²) in [6.07, 6.45) is 1.94. The summed E-state index contributed by atoms with van der Waals surface area (Å²) < 4.78 is 25.0. The molecule has 2 aliphatic heterocycles. The Kier molecular flexibility index (Phi) is 7.80. The van der Waals surface area contributed by atoms with Crippen molar-refractivity contribution in [2.75, 3.05) is 39.2 Å². The van der Waals surface area contributed by atoms with E-state index in [-0.39, 0.29) is 17.8 Å². The van der Waals surface area contributed by atoms with Gasteiger partial charge in [-0.1, -0.05) is 19.1 Å². The van der Waals surface area contributed by atoms with Crippen LogP contribution >= 0.6 is 11.8 Å². The van der Waals surface area contributed by atoms with E-state index < -0.39 is 5.97 Å². The van der Waals surface area contributed by atoms with Gasteiger partial charge in [-0.15, -0.1) is 11.8 Å². The quantitative estimate of drug-likeness (QED) is 0.670. The fraction of sp³-hybridized carbons (Fsp3) is 0.500. The number of thioether (sulfide) groups is 1. The number of nitrogens with zero attached hydrogens (tertiary/aromatic N) is 2.